The molecule has 1 aliphatic rings. The van der Waals surface area contributed by atoms with Crippen LogP contribution < -0.4 is 11.1 Å². The molecule has 1 heterocycles. The molecule has 1 fully saturated rings. The number of nitrogens with zero attached hydrogens (tertiary/aromatic N) is 1. The van der Waals surface area contributed by atoms with E-state index in [1.807, 2.05) is 0 Å². The van der Waals surface area contributed by atoms with Gasteiger partial charge in [-0.1, -0.05) is 0 Å². The van der Waals surface area contributed by atoms with E-state index in [1.54, 1.807) is 6.07 Å². The molecule has 7 nitrogen and oxygen atoms in total. The fourth-order valence-electron chi connectivity index (χ4n) is 2.40. The van der Waals surface area contributed by atoms with Crippen LogP contribution in [0.15, 0.2) is 23.1 Å². The number of carbonyl (C=O) groups is 1. The summed E-state index contributed by atoms with van der Waals surface area (Å²) < 4.78 is 26.3. The van der Waals surface area contributed by atoms with Crippen molar-refractivity contribution in [3.63, 3.8) is 0 Å². The summed E-state index contributed by atoms with van der Waals surface area (Å²) in [5.41, 5.74) is 6.86. The molecule has 0 unspecified atom stereocenters. The molecule has 0 amide bonds. The summed E-state index contributed by atoms with van der Waals surface area (Å²) in [5.74, 6) is -0.846. The number of nitrogens with one attached hydrogen (secondary N) is 1. The van der Waals surface area contributed by atoms with Gasteiger partial charge in [-0.3, -0.25) is 4.79 Å². The van der Waals surface area contributed by atoms with Gasteiger partial charge in [0.05, 0.1) is 16.3 Å². The lowest BCUT2D eigenvalue weighted by Gasteiger charge is -2.17. The van der Waals surface area contributed by atoms with Crippen molar-refractivity contribution >= 4 is 27.4 Å². The van der Waals surface area contributed by atoms with Crippen molar-refractivity contribution in [2.24, 2.45) is 0 Å². The van der Waals surface area contributed by atoms with Crippen LogP contribution in [0, 0.1) is 0 Å². The second kappa shape index (κ2) is 6.97. The Morgan fingerprint density at radius 3 is 2.59 bits per heavy atom. The predicted octanol–water partition coefficient (Wildman–Crippen LogP) is 1.33. The SMILES string of the molecule is Nc1cc(S(=O)(=O)N2CCCC2)ccc1NCCCC(=O)O. The number of nitrogen functional groups attached to an aromatic ring is 1. The normalized spacial score (nSPS) is 15.8. The van der Waals surface area contributed by atoms with Gasteiger partial charge in [-0.15, -0.1) is 0 Å². The predicted molar refractivity (Wildman–Crippen MR) is 84.2 cm³/mol. The summed E-state index contributed by atoms with van der Waals surface area (Å²) in [5, 5.41) is 11.6. The maximum Gasteiger partial charge on any atom is 0.303 e. The molecule has 2 rings (SSSR count). The Balaban J connectivity index is 2.04. The van der Waals surface area contributed by atoms with Gasteiger partial charge in [-0.25, -0.2) is 8.42 Å². The summed E-state index contributed by atoms with van der Waals surface area (Å²) in [4.78, 5) is 10.6. The summed E-state index contributed by atoms with van der Waals surface area (Å²) in [6.45, 7) is 1.57. The number of carboxylic acid groups (broad SMARTS) is 1. The average molecular weight is 327 g/mol. The quantitative estimate of drug-likeness (QED) is 0.514. The first-order chi connectivity index (χ1) is 10.4. The molecule has 1 aliphatic heterocycles. The van der Waals surface area contributed by atoms with E-state index in [1.165, 1.54) is 16.4 Å². The maximum atomic E-state index is 12.4. The van der Waals surface area contributed by atoms with Gasteiger partial charge >= 0.3 is 5.97 Å². The van der Waals surface area contributed by atoms with Crippen LogP contribution in [0.1, 0.15) is 25.7 Å². The third kappa shape index (κ3) is 3.89. The molecule has 0 spiro atoms. The Morgan fingerprint density at radius 1 is 1.32 bits per heavy atom. The molecule has 0 aliphatic carbocycles. The van der Waals surface area contributed by atoms with Crippen LogP contribution >= 0.6 is 0 Å². The van der Waals surface area contributed by atoms with Crippen LogP contribution in [0.25, 0.3) is 0 Å². The number of rotatable bonds is 7. The number of hydrogen-bond donors (Lipinski definition) is 3. The third-order valence-corrected chi connectivity index (χ3v) is 5.50. The lowest BCUT2D eigenvalue weighted by atomic mass is 10.2. The molecule has 1 aromatic rings. The number of sulfonamides is 1. The van der Waals surface area contributed by atoms with Gasteiger partial charge in [0.15, 0.2) is 0 Å². The summed E-state index contributed by atoms with van der Waals surface area (Å²) in [6.07, 6.45) is 2.33. The van der Waals surface area contributed by atoms with Gasteiger partial charge in [0, 0.05) is 26.1 Å². The highest BCUT2D eigenvalue weighted by Crippen LogP contribution is 2.26. The number of benzene rings is 1. The van der Waals surface area contributed by atoms with Crippen LogP contribution in [0.5, 0.6) is 0 Å². The number of hydrogen-bond acceptors (Lipinski definition) is 5. The Bertz CT molecular complexity index is 639. The van der Waals surface area contributed by atoms with Crippen molar-refractivity contribution < 1.29 is 18.3 Å². The van der Waals surface area contributed by atoms with Crippen molar-refractivity contribution in [1.82, 2.24) is 4.31 Å². The van der Waals surface area contributed by atoms with E-state index in [0.717, 1.165) is 12.8 Å². The van der Waals surface area contributed by atoms with Crippen LogP contribution in [0.2, 0.25) is 0 Å². The highest BCUT2D eigenvalue weighted by molar-refractivity contribution is 7.89. The Kier molecular flexibility index (Phi) is 5.25. The van der Waals surface area contributed by atoms with Gasteiger partial charge in [0.1, 0.15) is 0 Å². The van der Waals surface area contributed by atoms with Crippen LogP contribution in [0.4, 0.5) is 11.4 Å². The Hall–Kier alpha value is -1.80. The smallest absolute Gasteiger partial charge is 0.303 e. The molecule has 0 saturated carbocycles. The van der Waals surface area contributed by atoms with E-state index in [2.05, 4.69) is 5.32 Å². The molecule has 22 heavy (non-hydrogen) atoms. The second-order valence-electron chi connectivity index (χ2n) is 5.28. The van der Waals surface area contributed by atoms with Gasteiger partial charge < -0.3 is 16.2 Å². The third-order valence-electron chi connectivity index (χ3n) is 3.61. The first kappa shape index (κ1) is 16.6. The standard InChI is InChI=1S/C14H21N3O4S/c15-12-10-11(22(20,21)17-8-1-2-9-17)5-6-13(12)16-7-3-4-14(18)19/h5-6,10,16H,1-4,7-9,15H2,(H,18,19). The minimum absolute atomic E-state index is 0.0777. The van der Waals surface area contributed by atoms with E-state index >= 15 is 0 Å². The van der Waals surface area contributed by atoms with Gasteiger partial charge in [0.25, 0.3) is 0 Å². The van der Waals surface area contributed by atoms with E-state index in [-0.39, 0.29) is 11.3 Å². The average Bonchev–Trinajstić information content (AvgIpc) is 2.99. The van der Waals surface area contributed by atoms with Crippen LogP contribution in [-0.4, -0.2) is 43.4 Å². The zero-order chi connectivity index (χ0) is 16.2. The fraction of sp³-hybridized carbons (Fsp3) is 0.500. The Labute approximate surface area is 130 Å². The van der Waals surface area contributed by atoms with Gasteiger partial charge in [-0.05, 0) is 37.5 Å². The maximum absolute atomic E-state index is 12.4. The molecule has 1 saturated heterocycles. The lowest BCUT2D eigenvalue weighted by Crippen LogP contribution is -2.27. The Morgan fingerprint density at radius 2 is 2.00 bits per heavy atom. The molecule has 0 aromatic heterocycles. The highest BCUT2D eigenvalue weighted by atomic mass is 32.2. The van der Waals surface area contributed by atoms with Crippen molar-refractivity contribution in [1.29, 1.82) is 0 Å². The summed E-state index contributed by atoms with van der Waals surface area (Å²) in [6, 6.07) is 4.61. The first-order valence-corrected chi connectivity index (χ1v) is 8.70. The first-order valence-electron chi connectivity index (χ1n) is 7.26. The minimum Gasteiger partial charge on any atom is -0.481 e. The van der Waals surface area contributed by atoms with Crippen molar-refractivity contribution in [3.05, 3.63) is 18.2 Å². The van der Waals surface area contributed by atoms with Crippen molar-refractivity contribution in [3.8, 4) is 0 Å². The van der Waals surface area contributed by atoms with Crippen LogP contribution in [0.3, 0.4) is 0 Å². The monoisotopic (exact) mass is 327 g/mol. The highest BCUT2D eigenvalue weighted by Gasteiger charge is 2.27. The zero-order valence-electron chi connectivity index (χ0n) is 12.3. The van der Waals surface area contributed by atoms with E-state index in [0.29, 0.717) is 37.4 Å². The molecular formula is C14H21N3O4S. The van der Waals surface area contributed by atoms with E-state index < -0.39 is 16.0 Å². The van der Waals surface area contributed by atoms with Crippen molar-refractivity contribution in [2.75, 3.05) is 30.7 Å². The minimum atomic E-state index is -3.47. The van der Waals surface area contributed by atoms with E-state index in [4.69, 9.17) is 10.8 Å². The largest absolute Gasteiger partial charge is 0.481 e. The van der Waals surface area contributed by atoms with Crippen LogP contribution in [-0.2, 0) is 14.8 Å². The number of aliphatic carboxylic acids is 1. The second-order valence-corrected chi connectivity index (χ2v) is 7.22. The topological polar surface area (TPSA) is 113 Å². The molecule has 0 radical (unpaired) electrons. The molecule has 0 bridgehead atoms. The molecule has 0 atom stereocenters. The van der Waals surface area contributed by atoms with E-state index in [9.17, 15) is 13.2 Å². The number of nitrogens with two attached hydrogens (primary N) is 1. The number of anilines is 2. The lowest BCUT2D eigenvalue weighted by molar-refractivity contribution is -0.137. The van der Waals surface area contributed by atoms with Gasteiger partial charge in [0.2, 0.25) is 10.0 Å². The molecule has 122 valence electrons. The van der Waals surface area contributed by atoms with Crippen molar-refractivity contribution in [2.45, 2.75) is 30.6 Å². The molecular weight excluding hydrogens is 306 g/mol. The van der Waals surface area contributed by atoms with Gasteiger partial charge in [-0.2, -0.15) is 4.31 Å². The molecule has 4 N–H and O–H groups in total. The summed E-state index contributed by atoms with van der Waals surface area (Å²) >= 11 is 0. The fourth-order valence-corrected chi connectivity index (χ4v) is 3.96. The number of carboxylic acids is 1. The zero-order valence-corrected chi connectivity index (χ0v) is 13.1. The molecule has 1 aromatic carbocycles. The molecule has 8 heteroatoms. The summed E-state index contributed by atoms with van der Waals surface area (Å²) in [7, 11) is -3.47.